The first-order valence-electron chi connectivity index (χ1n) is 10.7. The summed E-state index contributed by atoms with van der Waals surface area (Å²) in [5, 5.41) is 8.77. The van der Waals surface area contributed by atoms with E-state index in [-0.39, 0.29) is 5.71 Å². The zero-order chi connectivity index (χ0) is 22.2. The topological polar surface area (TPSA) is 111 Å². The molecule has 162 valence electrons. The van der Waals surface area contributed by atoms with Crippen LogP contribution in [-0.4, -0.2) is 63.8 Å². The summed E-state index contributed by atoms with van der Waals surface area (Å²) in [5.74, 6) is 0.779. The summed E-state index contributed by atoms with van der Waals surface area (Å²) in [6.07, 6.45) is 5.31. The minimum atomic E-state index is 0.217. The van der Waals surface area contributed by atoms with E-state index in [2.05, 4.69) is 48.9 Å². The van der Waals surface area contributed by atoms with Crippen molar-refractivity contribution in [2.75, 3.05) is 43.9 Å². The monoisotopic (exact) mass is 426 g/mol. The number of aryl methyl sites for hydroxylation is 1. The fourth-order valence-corrected chi connectivity index (χ4v) is 4.05. The van der Waals surface area contributed by atoms with E-state index < -0.39 is 0 Å². The molecule has 8 nitrogen and oxygen atoms in total. The van der Waals surface area contributed by atoms with Gasteiger partial charge in [-0.1, -0.05) is 0 Å². The van der Waals surface area contributed by atoms with Gasteiger partial charge in [0.15, 0.2) is 5.82 Å². The lowest BCUT2D eigenvalue weighted by Gasteiger charge is -2.34. The Hall–Kier alpha value is -3.78. The van der Waals surface area contributed by atoms with Crippen molar-refractivity contribution in [3.05, 3.63) is 65.9 Å². The van der Waals surface area contributed by atoms with Crippen molar-refractivity contribution >= 4 is 28.3 Å². The maximum atomic E-state index is 8.77. The number of hydrogen-bond acceptors (Lipinski definition) is 7. The average Bonchev–Trinajstić information content (AvgIpc) is 3.23. The van der Waals surface area contributed by atoms with Gasteiger partial charge in [-0.05, 0) is 49.9 Å². The van der Waals surface area contributed by atoms with E-state index in [9.17, 15) is 0 Å². The number of H-pyrrole nitrogens is 1. The normalized spacial score (nSPS) is 14.8. The Balaban J connectivity index is 1.46. The minimum absolute atomic E-state index is 0.217. The molecule has 32 heavy (non-hydrogen) atoms. The van der Waals surface area contributed by atoms with Gasteiger partial charge in [0.05, 0.1) is 11.0 Å². The number of anilines is 2. The first-order valence-corrected chi connectivity index (χ1v) is 10.7. The Kier molecular flexibility index (Phi) is 5.07. The highest BCUT2D eigenvalue weighted by molar-refractivity contribution is 6.12. The van der Waals surface area contributed by atoms with E-state index in [1.54, 1.807) is 12.4 Å². The van der Waals surface area contributed by atoms with E-state index in [0.717, 1.165) is 53.9 Å². The smallest absolute Gasteiger partial charge is 0.157 e. The van der Waals surface area contributed by atoms with Crippen molar-refractivity contribution in [2.24, 2.45) is 0 Å². The molecular weight excluding hydrogens is 400 g/mol. The molecule has 8 heteroatoms. The van der Waals surface area contributed by atoms with Gasteiger partial charge in [-0.15, -0.1) is 0 Å². The predicted octanol–water partition coefficient (Wildman–Crippen LogP) is 3.08. The second-order valence-electron chi connectivity index (χ2n) is 8.36. The largest absolute Gasteiger partial charge is 0.383 e. The Labute approximate surface area is 186 Å². The third-order valence-corrected chi connectivity index (χ3v) is 5.97. The Morgan fingerprint density at radius 1 is 1.03 bits per heavy atom. The van der Waals surface area contributed by atoms with E-state index in [1.807, 2.05) is 31.3 Å². The molecule has 0 amide bonds. The number of hydrogen-bond donors (Lipinski definition) is 3. The van der Waals surface area contributed by atoms with Crippen molar-refractivity contribution in [1.29, 1.82) is 5.41 Å². The van der Waals surface area contributed by atoms with Gasteiger partial charge >= 0.3 is 0 Å². The third-order valence-electron chi connectivity index (χ3n) is 5.97. The van der Waals surface area contributed by atoms with Gasteiger partial charge in [-0.25, -0.2) is 9.97 Å². The molecule has 1 aromatic carbocycles. The molecule has 0 radical (unpaired) electrons. The molecule has 5 rings (SSSR count). The number of aromatic nitrogens is 4. The number of rotatable bonds is 4. The predicted molar refractivity (Wildman–Crippen MR) is 128 cm³/mol. The lowest BCUT2D eigenvalue weighted by molar-refractivity contribution is 0.313. The molecule has 1 saturated heterocycles. The summed E-state index contributed by atoms with van der Waals surface area (Å²) in [5.41, 5.74) is 12.7. The molecule has 1 fully saturated rings. The third kappa shape index (κ3) is 3.80. The number of aromatic amines is 1. The molecule has 0 saturated carbocycles. The summed E-state index contributed by atoms with van der Waals surface area (Å²) < 4.78 is 0. The maximum absolute atomic E-state index is 8.77. The second-order valence-corrected chi connectivity index (χ2v) is 8.36. The van der Waals surface area contributed by atoms with E-state index in [0.29, 0.717) is 17.2 Å². The lowest BCUT2D eigenvalue weighted by atomic mass is 10.0. The van der Waals surface area contributed by atoms with Crippen LogP contribution in [0.5, 0.6) is 0 Å². The number of imidazole rings is 1. The van der Waals surface area contributed by atoms with Gasteiger partial charge in [0.2, 0.25) is 0 Å². The van der Waals surface area contributed by atoms with Crippen LogP contribution in [0.25, 0.3) is 22.2 Å². The molecule has 0 bridgehead atoms. The molecule has 4 N–H and O–H groups in total. The summed E-state index contributed by atoms with van der Waals surface area (Å²) in [4.78, 5) is 21.3. The van der Waals surface area contributed by atoms with Crippen molar-refractivity contribution in [3.8, 4) is 11.1 Å². The van der Waals surface area contributed by atoms with Crippen molar-refractivity contribution in [1.82, 2.24) is 24.8 Å². The number of fused-ring (bicyclic) bond motifs is 1. The van der Waals surface area contributed by atoms with Crippen molar-refractivity contribution in [2.45, 2.75) is 6.92 Å². The molecular formula is C24H26N8. The molecule has 0 aliphatic carbocycles. The summed E-state index contributed by atoms with van der Waals surface area (Å²) in [6.45, 7) is 6.10. The molecule has 0 spiro atoms. The minimum Gasteiger partial charge on any atom is -0.383 e. The summed E-state index contributed by atoms with van der Waals surface area (Å²) in [6, 6.07) is 10.1. The highest BCUT2D eigenvalue weighted by Crippen LogP contribution is 2.26. The van der Waals surface area contributed by atoms with E-state index in [4.69, 9.17) is 11.1 Å². The SMILES string of the molecule is Cc1cncc(-c2cnc(N)c(C(=N)c3nc4ccc(N5CCN(C)CC5)cc4[nH]3)c2)c1. The fraction of sp³-hybridized carbons (Fsp3) is 0.250. The number of nitrogens with one attached hydrogen (secondary N) is 2. The molecule has 4 heterocycles. The van der Waals surface area contributed by atoms with Crippen LogP contribution in [0.2, 0.25) is 0 Å². The Morgan fingerprint density at radius 2 is 1.81 bits per heavy atom. The molecule has 0 unspecified atom stereocenters. The molecule has 4 aromatic rings. The van der Waals surface area contributed by atoms with E-state index in [1.165, 1.54) is 5.69 Å². The zero-order valence-electron chi connectivity index (χ0n) is 18.3. The molecule has 3 aromatic heterocycles. The summed E-state index contributed by atoms with van der Waals surface area (Å²) in [7, 11) is 2.15. The van der Waals surface area contributed by atoms with E-state index >= 15 is 0 Å². The molecule has 1 aliphatic heterocycles. The highest BCUT2D eigenvalue weighted by atomic mass is 15.2. The van der Waals surface area contributed by atoms with Crippen LogP contribution in [0.4, 0.5) is 11.5 Å². The molecule has 1 aliphatic rings. The highest BCUT2D eigenvalue weighted by Gasteiger charge is 2.18. The van der Waals surface area contributed by atoms with Crippen LogP contribution < -0.4 is 10.6 Å². The summed E-state index contributed by atoms with van der Waals surface area (Å²) >= 11 is 0. The number of nitrogen functional groups attached to an aromatic ring is 1. The Bertz CT molecular complexity index is 1300. The number of nitrogens with two attached hydrogens (primary N) is 1. The maximum Gasteiger partial charge on any atom is 0.157 e. The number of likely N-dealkylation sites (N-methyl/N-ethyl adjacent to an activating group) is 1. The number of benzene rings is 1. The Morgan fingerprint density at radius 3 is 2.59 bits per heavy atom. The molecule has 0 atom stereocenters. The van der Waals surface area contributed by atoms with Crippen molar-refractivity contribution < 1.29 is 0 Å². The van der Waals surface area contributed by atoms with Gasteiger partial charge in [0.25, 0.3) is 0 Å². The van der Waals surface area contributed by atoms with Crippen LogP contribution in [0.3, 0.4) is 0 Å². The van der Waals surface area contributed by atoms with Crippen LogP contribution in [0, 0.1) is 12.3 Å². The van der Waals surface area contributed by atoms with Gasteiger partial charge in [-0.2, -0.15) is 0 Å². The lowest BCUT2D eigenvalue weighted by Crippen LogP contribution is -2.44. The number of nitrogens with zero attached hydrogens (tertiary/aromatic N) is 5. The first kappa shape index (κ1) is 20.1. The first-order chi connectivity index (χ1) is 15.5. The van der Waals surface area contributed by atoms with Gasteiger partial charge < -0.3 is 20.5 Å². The van der Waals surface area contributed by atoms with Gasteiger partial charge in [0.1, 0.15) is 11.5 Å². The van der Waals surface area contributed by atoms with Crippen LogP contribution in [-0.2, 0) is 0 Å². The van der Waals surface area contributed by atoms with Gasteiger partial charge in [0, 0.05) is 67.1 Å². The fourth-order valence-electron chi connectivity index (χ4n) is 4.05. The number of pyridine rings is 2. The van der Waals surface area contributed by atoms with Crippen molar-refractivity contribution in [3.63, 3.8) is 0 Å². The second kappa shape index (κ2) is 8.05. The standard InChI is InChI=1S/C24H26N8/c1-15-9-16(13-27-12-15)17-10-19(23(26)28-14-17)22(25)24-29-20-4-3-18(11-21(20)30-24)32-7-5-31(2)6-8-32/h3-4,9-14,25H,5-8H2,1-2H3,(H2,26,28)(H,29,30). The van der Waals surface area contributed by atoms with Crippen LogP contribution in [0.1, 0.15) is 17.0 Å². The van der Waals surface area contributed by atoms with Crippen LogP contribution in [0.15, 0.2) is 48.9 Å². The average molecular weight is 427 g/mol. The zero-order valence-corrected chi connectivity index (χ0v) is 18.3. The van der Waals surface area contributed by atoms with Gasteiger partial charge in [-0.3, -0.25) is 10.4 Å². The quantitative estimate of drug-likeness (QED) is 0.433. The number of piperazine rings is 1. The van der Waals surface area contributed by atoms with Crippen LogP contribution >= 0.6 is 0 Å².